The van der Waals surface area contributed by atoms with Gasteiger partial charge in [0.2, 0.25) is 0 Å². The van der Waals surface area contributed by atoms with Gasteiger partial charge in [0.1, 0.15) is 17.1 Å². The zero-order valence-electron chi connectivity index (χ0n) is 14.3. The van der Waals surface area contributed by atoms with Crippen LogP contribution in [0.1, 0.15) is 6.92 Å². The lowest BCUT2D eigenvalue weighted by molar-refractivity contribution is -0.171. The first kappa shape index (κ1) is 22.5. The maximum absolute atomic E-state index is 11.7. The summed E-state index contributed by atoms with van der Waals surface area (Å²) in [6, 6.07) is 0. The third-order valence-electron chi connectivity index (χ3n) is 3.54. The molecule has 2 fully saturated rings. The Morgan fingerprint density at radius 1 is 1.15 bits per heavy atom. The standard InChI is InChI=1S/C14H25NO8S3/c1-8(2-15-9(18)5-26-14(15)20)21-11-7-25-12(3-16)22-10(19)6-24-13(4-17)23-11/h8-13,16-19H,2-7H2,1H3/t8?,9-,10?,11?,12-,13-/m1/s1. The van der Waals surface area contributed by atoms with Crippen LogP contribution in [0.3, 0.4) is 0 Å². The minimum Gasteiger partial charge on any atom is -0.393 e. The third kappa shape index (κ3) is 7.00. The van der Waals surface area contributed by atoms with E-state index in [-0.39, 0.29) is 30.8 Å². The van der Waals surface area contributed by atoms with Crippen LogP contribution in [-0.2, 0) is 14.2 Å². The molecule has 26 heavy (non-hydrogen) atoms. The largest absolute Gasteiger partial charge is 0.393 e. The van der Waals surface area contributed by atoms with Crippen molar-refractivity contribution in [2.75, 3.05) is 37.0 Å². The summed E-state index contributed by atoms with van der Waals surface area (Å²) >= 11 is 3.46. The molecule has 0 aromatic heterocycles. The van der Waals surface area contributed by atoms with Gasteiger partial charge >= 0.3 is 0 Å². The second-order valence-corrected chi connectivity index (χ2v) is 9.06. The highest BCUT2D eigenvalue weighted by atomic mass is 32.2. The molecule has 2 aliphatic heterocycles. The van der Waals surface area contributed by atoms with Crippen LogP contribution in [0.15, 0.2) is 0 Å². The van der Waals surface area contributed by atoms with E-state index in [1.54, 1.807) is 6.92 Å². The predicted octanol–water partition coefficient (Wildman–Crippen LogP) is -0.327. The van der Waals surface area contributed by atoms with E-state index in [4.69, 9.17) is 14.2 Å². The van der Waals surface area contributed by atoms with E-state index >= 15 is 0 Å². The Labute approximate surface area is 164 Å². The Kier molecular flexibility index (Phi) is 9.78. The van der Waals surface area contributed by atoms with Crippen molar-refractivity contribution < 1.29 is 39.4 Å². The maximum atomic E-state index is 11.7. The molecule has 0 radical (unpaired) electrons. The van der Waals surface area contributed by atoms with Crippen LogP contribution in [0.25, 0.3) is 0 Å². The number of aliphatic hydroxyl groups is 4. The van der Waals surface area contributed by atoms with Crippen LogP contribution in [-0.4, -0.2) is 103 Å². The minimum atomic E-state index is -1.07. The van der Waals surface area contributed by atoms with E-state index in [2.05, 4.69) is 0 Å². The number of hydrogen-bond donors (Lipinski definition) is 4. The molecule has 6 atom stereocenters. The van der Waals surface area contributed by atoms with Gasteiger partial charge in [0.05, 0.1) is 25.9 Å². The summed E-state index contributed by atoms with van der Waals surface area (Å²) < 4.78 is 16.9. The summed E-state index contributed by atoms with van der Waals surface area (Å²) in [5.41, 5.74) is -1.23. The lowest BCUT2D eigenvalue weighted by atomic mass is 10.3. The second kappa shape index (κ2) is 11.3. The fourth-order valence-corrected chi connectivity index (χ4v) is 4.80. The number of aliphatic hydroxyl groups excluding tert-OH is 4. The van der Waals surface area contributed by atoms with Crippen LogP contribution >= 0.6 is 35.3 Å². The fourth-order valence-electron chi connectivity index (χ4n) is 2.36. The van der Waals surface area contributed by atoms with E-state index in [9.17, 15) is 25.2 Å². The average Bonchev–Trinajstić information content (AvgIpc) is 2.93. The molecule has 9 nitrogen and oxygen atoms in total. The van der Waals surface area contributed by atoms with Crippen molar-refractivity contribution in [3.8, 4) is 0 Å². The Hall–Kier alpha value is 0.240. The topological polar surface area (TPSA) is 129 Å². The Morgan fingerprint density at radius 3 is 2.42 bits per heavy atom. The summed E-state index contributed by atoms with van der Waals surface area (Å²) in [6.07, 6.45) is -3.02. The van der Waals surface area contributed by atoms with Gasteiger partial charge in [-0.05, 0) is 6.92 Å². The Morgan fingerprint density at radius 2 is 1.81 bits per heavy atom. The predicted molar refractivity (Wildman–Crippen MR) is 99.7 cm³/mol. The molecule has 2 heterocycles. The van der Waals surface area contributed by atoms with Gasteiger partial charge in [-0.15, -0.1) is 23.5 Å². The lowest BCUT2D eigenvalue weighted by Gasteiger charge is -2.31. The van der Waals surface area contributed by atoms with Crippen molar-refractivity contribution in [2.24, 2.45) is 0 Å². The molecular weight excluding hydrogens is 406 g/mol. The summed E-state index contributed by atoms with van der Waals surface area (Å²) in [6.45, 7) is 1.44. The monoisotopic (exact) mass is 431 g/mol. The first-order valence-electron chi connectivity index (χ1n) is 8.13. The Balaban J connectivity index is 1.93. The molecule has 2 rings (SSSR count). The molecule has 0 saturated carbocycles. The van der Waals surface area contributed by atoms with Gasteiger partial charge in [-0.2, -0.15) is 0 Å². The zero-order valence-corrected chi connectivity index (χ0v) is 16.8. The molecule has 2 aliphatic rings. The van der Waals surface area contributed by atoms with Gasteiger partial charge < -0.3 is 39.5 Å². The van der Waals surface area contributed by atoms with Gasteiger partial charge in [-0.25, -0.2) is 0 Å². The van der Waals surface area contributed by atoms with Crippen LogP contribution in [0, 0.1) is 0 Å². The second-order valence-electron chi connectivity index (χ2n) is 5.70. The SMILES string of the molecule is CC(CN1C(=O)SC[C@H]1O)OC1CS[C@H](CO)OC(O)CS[C@H](CO)O1. The highest BCUT2D eigenvalue weighted by Gasteiger charge is 2.32. The van der Waals surface area contributed by atoms with Crippen LogP contribution in [0.5, 0.6) is 0 Å². The van der Waals surface area contributed by atoms with Gasteiger partial charge in [0.25, 0.3) is 5.24 Å². The van der Waals surface area contributed by atoms with E-state index in [0.29, 0.717) is 11.5 Å². The number of rotatable bonds is 6. The molecule has 0 bridgehead atoms. The molecule has 0 spiro atoms. The minimum absolute atomic E-state index is 0.177. The number of carbonyl (C=O) groups excluding carboxylic acids is 1. The molecule has 152 valence electrons. The fraction of sp³-hybridized carbons (Fsp3) is 0.929. The zero-order chi connectivity index (χ0) is 19.1. The van der Waals surface area contributed by atoms with Crippen molar-refractivity contribution in [1.29, 1.82) is 0 Å². The molecule has 2 saturated heterocycles. The lowest BCUT2D eigenvalue weighted by Crippen LogP contribution is -2.41. The van der Waals surface area contributed by atoms with E-state index in [1.165, 1.54) is 28.4 Å². The van der Waals surface area contributed by atoms with E-state index in [1.807, 2.05) is 0 Å². The van der Waals surface area contributed by atoms with Crippen molar-refractivity contribution in [3.63, 3.8) is 0 Å². The molecule has 0 aliphatic carbocycles. The molecule has 1 amide bonds. The first-order valence-corrected chi connectivity index (χ1v) is 11.2. The molecule has 0 aromatic carbocycles. The van der Waals surface area contributed by atoms with E-state index < -0.39 is 35.8 Å². The molecule has 0 aromatic rings. The average molecular weight is 432 g/mol. The quantitative estimate of drug-likeness (QED) is 0.441. The van der Waals surface area contributed by atoms with Crippen molar-refractivity contribution in [1.82, 2.24) is 4.90 Å². The number of thioether (sulfide) groups is 3. The van der Waals surface area contributed by atoms with Crippen molar-refractivity contribution >= 4 is 40.5 Å². The number of nitrogens with zero attached hydrogens (tertiary/aromatic N) is 1. The van der Waals surface area contributed by atoms with Gasteiger partial charge in [0, 0.05) is 17.3 Å². The highest BCUT2D eigenvalue weighted by molar-refractivity contribution is 8.13. The summed E-state index contributed by atoms with van der Waals surface area (Å²) in [4.78, 5) is 13.1. The highest BCUT2D eigenvalue weighted by Crippen LogP contribution is 2.26. The van der Waals surface area contributed by atoms with Gasteiger partial charge in [0.15, 0.2) is 12.6 Å². The van der Waals surface area contributed by atoms with E-state index in [0.717, 1.165) is 11.8 Å². The molecule has 3 unspecified atom stereocenters. The van der Waals surface area contributed by atoms with Crippen molar-refractivity contribution in [3.05, 3.63) is 0 Å². The summed E-state index contributed by atoms with van der Waals surface area (Å²) in [7, 11) is 0. The maximum Gasteiger partial charge on any atom is 0.283 e. The van der Waals surface area contributed by atoms with Crippen LogP contribution < -0.4 is 0 Å². The van der Waals surface area contributed by atoms with Crippen molar-refractivity contribution in [2.45, 2.75) is 42.7 Å². The summed E-state index contributed by atoms with van der Waals surface area (Å²) in [5.74, 6) is 0.809. The number of carbonyl (C=O) groups is 1. The summed E-state index contributed by atoms with van der Waals surface area (Å²) in [5, 5.41) is 38.2. The Bertz CT molecular complexity index is 448. The van der Waals surface area contributed by atoms with Gasteiger partial charge in [-0.3, -0.25) is 4.79 Å². The smallest absolute Gasteiger partial charge is 0.283 e. The molecule has 12 heteroatoms. The number of ether oxygens (including phenoxy) is 3. The number of amides is 1. The first-order chi connectivity index (χ1) is 12.4. The third-order valence-corrected chi connectivity index (χ3v) is 6.69. The molecule has 4 N–H and O–H groups in total. The normalized spacial score (nSPS) is 35.5. The van der Waals surface area contributed by atoms with Crippen LogP contribution in [0.2, 0.25) is 0 Å². The molecular formula is C14H25NO8S3. The van der Waals surface area contributed by atoms with Gasteiger partial charge in [-0.1, -0.05) is 11.8 Å². The number of hydrogen-bond acceptors (Lipinski definition) is 11. The van der Waals surface area contributed by atoms with Crippen LogP contribution in [0.4, 0.5) is 4.79 Å².